The molecule has 0 radical (unpaired) electrons. The third-order valence-electron chi connectivity index (χ3n) is 5.02. The topological polar surface area (TPSA) is 77.3 Å². The second kappa shape index (κ2) is 7.04. The van der Waals surface area contributed by atoms with Crippen LogP contribution in [0.3, 0.4) is 0 Å². The van der Waals surface area contributed by atoms with Gasteiger partial charge in [-0.25, -0.2) is 4.98 Å². The van der Waals surface area contributed by atoms with Gasteiger partial charge in [-0.05, 0) is 24.6 Å². The summed E-state index contributed by atoms with van der Waals surface area (Å²) in [7, 11) is 3.23. The molecule has 136 valence electrons. The van der Waals surface area contributed by atoms with Crippen LogP contribution in [0, 0.1) is 11.3 Å². The molecular weight excluding hydrogens is 340 g/mol. The molecule has 2 aromatic rings. The van der Waals surface area contributed by atoms with E-state index in [9.17, 15) is 14.9 Å². The first kappa shape index (κ1) is 18.3. The Hall–Kier alpha value is -3.46. The maximum atomic E-state index is 13.2. The summed E-state index contributed by atoms with van der Waals surface area (Å²) in [4.78, 5) is 33.1. The number of amides is 2. The Bertz CT molecular complexity index is 962. The molecule has 1 aromatic heterocycles. The Morgan fingerprint density at radius 1 is 1.15 bits per heavy atom. The minimum Gasteiger partial charge on any atom is -0.326 e. The number of nitrogens with zero attached hydrogens (tertiary/aromatic N) is 4. The lowest BCUT2D eigenvalue weighted by molar-refractivity contribution is -0.155. The lowest BCUT2D eigenvalue weighted by Crippen LogP contribution is -2.64. The molecule has 2 amide bonds. The van der Waals surface area contributed by atoms with Crippen molar-refractivity contribution >= 4 is 17.9 Å². The number of nitriles is 1. The largest absolute Gasteiger partial charge is 0.326 e. The molecule has 1 saturated heterocycles. The van der Waals surface area contributed by atoms with Gasteiger partial charge in [0.15, 0.2) is 0 Å². The zero-order valence-corrected chi connectivity index (χ0v) is 15.5. The van der Waals surface area contributed by atoms with Crippen LogP contribution in [0.25, 0.3) is 6.08 Å². The molecule has 6 heteroatoms. The Kier molecular flexibility index (Phi) is 4.78. The summed E-state index contributed by atoms with van der Waals surface area (Å²) in [6.45, 7) is 1.78. The van der Waals surface area contributed by atoms with Gasteiger partial charge in [0.25, 0.3) is 11.8 Å². The summed E-state index contributed by atoms with van der Waals surface area (Å²) in [5.41, 5.74) is 0.921. The average molecular weight is 360 g/mol. The van der Waals surface area contributed by atoms with Crippen LogP contribution in [0.2, 0.25) is 0 Å². The van der Waals surface area contributed by atoms with Gasteiger partial charge < -0.3 is 9.80 Å². The van der Waals surface area contributed by atoms with Gasteiger partial charge in [0.05, 0.1) is 0 Å². The number of hydrogen-bond acceptors (Lipinski definition) is 4. The number of carbonyl (C=O) groups is 2. The van der Waals surface area contributed by atoms with Gasteiger partial charge >= 0.3 is 0 Å². The van der Waals surface area contributed by atoms with E-state index in [1.54, 1.807) is 39.2 Å². The average Bonchev–Trinajstić information content (AvgIpc) is 2.69. The summed E-state index contributed by atoms with van der Waals surface area (Å²) < 4.78 is 0. The van der Waals surface area contributed by atoms with Crippen LogP contribution >= 0.6 is 0 Å². The van der Waals surface area contributed by atoms with E-state index >= 15 is 0 Å². The van der Waals surface area contributed by atoms with Crippen molar-refractivity contribution in [2.75, 3.05) is 14.1 Å². The summed E-state index contributed by atoms with van der Waals surface area (Å²) in [6, 6.07) is 15.0. The van der Waals surface area contributed by atoms with E-state index in [1.165, 1.54) is 16.0 Å². The number of hydrogen-bond donors (Lipinski definition) is 0. The normalized spacial score (nSPS) is 21.5. The van der Waals surface area contributed by atoms with E-state index in [0.29, 0.717) is 12.0 Å². The fourth-order valence-electron chi connectivity index (χ4n) is 3.27. The van der Waals surface area contributed by atoms with Gasteiger partial charge in [0.1, 0.15) is 23.0 Å². The van der Waals surface area contributed by atoms with Gasteiger partial charge in [-0.15, -0.1) is 0 Å². The van der Waals surface area contributed by atoms with Crippen molar-refractivity contribution < 1.29 is 9.59 Å². The predicted octanol–water partition coefficient (Wildman–Crippen LogP) is 2.23. The number of aromatic nitrogens is 1. The Morgan fingerprint density at radius 3 is 2.52 bits per heavy atom. The number of rotatable bonds is 3. The Balaban J connectivity index is 2.00. The first-order valence-electron chi connectivity index (χ1n) is 8.55. The van der Waals surface area contributed by atoms with Crippen LogP contribution in [0.4, 0.5) is 0 Å². The van der Waals surface area contributed by atoms with Crippen LogP contribution in [-0.2, 0) is 16.0 Å². The lowest BCUT2D eigenvalue weighted by Gasteiger charge is -2.45. The van der Waals surface area contributed by atoms with Gasteiger partial charge in [0.2, 0.25) is 0 Å². The molecule has 1 unspecified atom stereocenters. The van der Waals surface area contributed by atoms with E-state index < -0.39 is 5.54 Å². The molecule has 0 bridgehead atoms. The van der Waals surface area contributed by atoms with E-state index in [4.69, 9.17) is 0 Å². The Labute approximate surface area is 158 Å². The standard InChI is InChI=1S/C21H20N4O2/c1-21(13-15-8-5-4-6-9-15)20(27)24(2)18(19(26)25(21)3)12-16-10-7-11-23-17(16)14-22/h4-12H,13H2,1-3H3. The summed E-state index contributed by atoms with van der Waals surface area (Å²) in [5, 5.41) is 9.21. The molecule has 0 saturated carbocycles. The second-order valence-electron chi connectivity index (χ2n) is 6.75. The van der Waals surface area contributed by atoms with Crippen LogP contribution in [0.15, 0.2) is 54.4 Å². The molecule has 0 spiro atoms. The molecule has 0 N–H and O–H groups in total. The molecule has 1 aliphatic rings. The molecule has 6 nitrogen and oxygen atoms in total. The maximum Gasteiger partial charge on any atom is 0.271 e. The minimum atomic E-state index is -0.989. The van der Waals surface area contributed by atoms with Gasteiger partial charge in [-0.2, -0.15) is 5.26 Å². The monoisotopic (exact) mass is 360 g/mol. The molecule has 1 aliphatic heterocycles. The fraction of sp³-hybridized carbons (Fsp3) is 0.238. The van der Waals surface area contributed by atoms with Crippen LogP contribution in [0.1, 0.15) is 23.7 Å². The molecule has 0 aliphatic carbocycles. The van der Waals surface area contributed by atoms with Gasteiger partial charge in [0, 0.05) is 32.3 Å². The summed E-state index contributed by atoms with van der Waals surface area (Å²) in [6.07, 6.45) is 3.48. The van der Waals surface area contributed by atoms with Crippen molar-refractivity contribution in [2.45, 2.75) is 18.9 Å². The summed E-state index contributed by atoms with van der Waals surface area (Å²) in [5.74, 6) is -0.453. The minimum absolute atomic E-state index is 0.179. The lowest BCUT2D eigenvalue weighted by atomic mass is 9.87. The van der Waals surface area contributed by atoms with E-state index in [-0.39, 0.29) is 23.2 Å². The van der Waals surface area contributed by atoms with E-state index in [2.05, 4.69) is 4.98 Å². The fourth-order valence-corrected chi connectivity index (χ4v) is 3.27. The zero-order valence-electron chi connectivity index (χ0n) is 15.5. The number of likely N-dealkylation sites (N-methyl/N-ethyl adjacent to an activating group) is 2. The Morgan fingerprint density at radius 2 is 1.85 bits per heavy atom. The quantitative estimate of drug-likeness (QED) is 0.787. The number of benzene rings is 1. The van der Waals surface area contributed by atoms with Gasteiger partial charge in [-0.3, -0.25) is 9.59 Å². The van der Waals surface area contributed by atoms with Gasteiger partial charge in [-0.1, -0.05) is 36.4 Å². The van der Waals surface area contributed by atoms with Crippen molar-refractivity contribution in [2.24, 2.45) is 0 Å². The van der Waals surface area contributed by atoms with Crippen molar-refractivity contribution in [3.63, 3.8) is 0 Å². The highest BCUT2D eigenvalue weighted by molar-refractivity contribution is 6.08. The molecule has 1 atom stereocenters. The first-order chi connectivity index (χ1) is 12.9. The molecule has 1 aromatic carbocycles. The highest BCUT2D eigenvalue weighted by atomic mass is 16.2. The highest BCUT2D eigenvalue weighted by Crippen LogP contribution is 2.31. The molecule has 2 heterocycles. The van der Waals surface area contributed by atoms with Crippen molar-refractivity contribution in [1.29, 1.82) is 5.26 Å². The predicted molar refractivity (Wildman–Crippen MR) is 101 cm³/mol. The SMILES string of the molecule is CN1C(=O)C(C)(Cc2ccccc2)N(C)C(=O)C1=Cc1cccnc1C#N. The number of carbonyl (C=O) groups excluding carboxylic acids is 2. The zero-order chi connectivity index (χ0) is 19.6. The molecule has 27 heavy (non-hydrogen) atoms. The van der Waals surface area contributed by atoms with Crippen molar-refractivity contribution in [1.82, 2.24) is 14.8 Å². The molecular formula is C21H20N4O2. The van der Waals surface area contributed by atoms with E-state index in [0.717, 1.165) is 5.56 Å². The van der Waals surface area contributed by atoms with Crippen LogP contribution in [0.5, 0.6) is 0 Å². The molecule has 3 rings (SSSR count). The first-order valence-corrected chi connectivity index (χ1v) is 8.55. The van der Waals surface area contributed by atoms with Crippen LogP contribution < -0.4 is 0 Å². The van der Waals surface area contributed by atoms with E-state index in [1.807, 2.05) is 36.4 Å². The third-order valence-corrected chi connectivity index (χ3v) is 5.02. The highest BCUT2D eigenvalue weighted by Gasteiger charge is 2.48. The van der Waals surface area contributed by atoms with Crippen molar-refractivity contribution in [3.05, 3.63) is 71.2 Å². The third kappa shape index (κ3) is 3.20. The number of piperazine rings is 1. The second-order valence-corrected chi connectivity index (χ2v) is 6.75. The van der Waals surface area contributed by atoms with Crippen molar-refractivity contribution in [3.8, 4) is 6.07 Å². The maximum absolute atomic E-state index is 13.2. The molecule has 1 fully saturated rings. The smallest absolute Gasteiger partial charge is 0.271 e. The number of pyridine rings is 1. The summed E-state index contributed by atoms with van der Waals surface area (Å²) >= 11 is 0. The van der Waals surface area contributed by atoms with Crippen LogP contribution in [-0.4, -0.2) is 46.2 Å².